The standard InChI is InChI=1S/C10H8BrN5O/c11-8-3-1-7(2-4-8)5-13-16-10(17)9-12-6-14-15-9/h1-6H,(H,16,17)(H,12,14,15)/b13-5+. The van der Waals surface area contributed by atoms with Crippen molar-refractivity contribution in [3.05, 3.63) is 46.5 Å². The van der Waals surface area contributed by atoms with E-state index in [4.69, 9.17) is 0 Å². The van der Waals surface area contributed by atoms with Gasteiger partial charge >= 0.3 is 5.91 Å². The van der Waals surface area contributed by atoms with E-state index in [0.29, 0.717) is 0 Å². The van der Waals surface area contributed by atoms with E-state index in [2.05, 4.69) is 41.6 Å². The molecule has 2 N–H and O–H groups in total. The molecule has 7 heteroatoms. The lowest BCUT2D eigenvalue weighted by molar-refractivity contribution is 0.0945. The average Bonchev–Trinajstić information content (AvgIpc) is 2.85. The molecule has 1 heterocycles. The SMILES string of the molecule is O=C(N/N=C/c1ccc(Br)cc1)c1ncn[nH]1. The number of hydrogen-bond acceptors (Lipinski definition) is 4. The molecule has 6 nitrogen and oxygen atoms in total. The largest absolute Gasteiger partial charge is 0.308 e. The number of rotatable bonds is 3. The molecule has 1 amide bonds. The van der Waals surface area contributed by atoms with Crippen molar-refractivity contribution < 1.29 is 4.79 Å². The van der Waals surface area contributed by atoms with Crippen molar-refractivity contribution in [2.24, 2.45) is 5.10 Å². The molecule has 0 bridgehead atoms. The van der Waals surface area contributed by atoms with Crippen molar-refractivity contribution in [1.29, 1.82) is 0 Å². The molecule has 1 aromatic heterocycles. The van der Waals surface area contributed by atoms with E-state index in [9.17, 15) is 4.79 Å². The highest BCUT2D eigenvalue weighted by atomic mass is 79.9. The predicted octanol–water partition coefficient (Wildman–Crippen LogP) is 1.33. The third kappa shape index (κ3) is 3.22. The van der Waals surface area contributed by atoms with Crippen LogP contribution in [-0.2, 0) is 0 Å². The summed E-state index contributed by atoms with van der Waals surface area (Å²) in [5, 5.41) is 9.80. The van der Waals surface area contributed by atoms with Gasteiger partial charge in [-0.15, -0.1) is 0 Å². The summed E-state index contributed by atoms with van der Waals surface area (Å²) in [5.41, 5.74) is 3.21. The van der Waals surface area contributed by atoms with Gasteiger partial charge in [-0.1, -0.05) is 28.1 Å². The molecule has 0 radical (unpaired) electrons. The molecule has 2 aromatic rings. The van der Waals surface area contributed by atoms with Gasteiger partial charge in [-0.05, 0) is 17.7 Å². The van der Waals surface area contributed by atoms with E-state index in [1.54, 1.807) is 6.21 Å². The number of hydrogen-bond donors (Lipinski definition) is 2. The fourth-order valence-corrected chi connectivity index (χ4v) is 1.35. The summed E-state index contributed by atoms with van der Waals surface area (Å²) in [7, 11) is 0. The third-order valence-electron chi connectivity index (χ3n) is 1.88. The number of H-pyrrole nitrogens is 1. The summed E-state index contributed by atoms with van der Waals surface area (Å²) in [4.78, 5) is 15.1. The maximum atomic E-state index is 11.4. The molecular formula is C10H8BrN5O. The summed E-state index contributed by atoms with van der Waals surface area (Å²) in [6.45, 7) is 0. The Hall–Kier alpha value is -2.02. The number of aromatic nitrogens is 3. The molecule has 0 aliphatic rings. The molecule has 2 rings (SSSR count). The van der Waals surface area contributed by atoms with Crippen molar-refractivity contribution in [2.75, 3.05) is 0 Å². The second-order valence-corrected chi connectivity index (χ2v) is 4.00. The van der Waals surface area contributed by atoms with Gasteiger partial charge in [-0.3, -0.25) is 9.89 Å². The van der Waals surface area contributed by atoms with Crippen LogP contribution in [0.25, 0.3) is 0 Å². The van der Waals surface area contributed by atoms with Crippen LogP contribution in [0.3, 0.4) is 0 Å². The Bertz CT molecular complexity index is 520. The van der Waals surface area contributed by atoms with Gasteiger partial charge in [0.15, 0.2) is 0 Å². The molecule has 0 aliphatic heterocycles. The molecule has 17 heavy (non-hydrogen) atoms. The van der Waals surface area contributed by atoms with Crippen LogP contribution in [-0.4, -0.2) is 27.3 Å². The topological polar surface area (TPSA) is 83.0 Å². The maximum absolute atomic E-state index is 11.4. The first-order valence-electron chi connectivity index (χ1n) is 4.70. The number of hydrazone groups is 1. The molecule has 0 saturated heterocycles. The first-order valence-corrected chi connectivity index (χ1v) is 5.49. The van der Waals surface area contributed by atoms with E-state index >= 15 is 0 Å². The highest BCUT2D eigenvalue weighted by molar-refractivity contribution is 9.10. The Morgan fingerprint density at radius 2 is 2.18 bits per heavy atom. The number of nitrogens with zero attached hydrogens (tertiary/aromatic N) is 3. The zero-order chi connectivity index (χ0) is 12.1. The van der Waals surface area contributed by atoms with Gasteiger partial charge in [0.25, 0.3) is 0 Å². The van der Waals surface area contributed by atoms with Crippen LogP contribution in [0.2, 0.25) is 0 Å². The summed E-state index contributed by atoms with van der Waals surface area (Å²) in [6.07, 6.45) is 2.80. The van der Waals surface area contributed by atoms with Gasteiger partial charge in [0.1, 0.15) is 6.33 Å². The molecule has 0 aliphatic carbocycles. The third-order valence-corrected chi connectivity index (χ3v) is 2.41. The van der Waals surface area contributed by atoms with Gasteiger partial charge < -0.3 is 0 Å². The van der Waals surface area contributed by atoms with Crippen molar-refractivity contribution in [2.45, 2.75) is 0 Å². The second kappa shape index (κ2) is 5.35. The molecule has 0 fully saturated rings. The number of halogens is 1. The van der Waals surface area contributed by atoms with Crippen LogP contribution in [0.15, 0.2) is 40.2 Å². The van der Waals surface area contributed by atoms with E-state index in [1.165, 1.54) is 6.33 Å². The normalized spacial score (nSPS) is 10.6. The molecule has 0 spiro atoms. The molecule has 0 saturated carbocycles. The Morgan fingerprint density at radius 1 is 1.41 bits per heavy atom. The lowest BCUT2D eigenvalue weighted by Crippen LogP contribution is -2.19. The number of amides is 1. The van der Waals surface area contributed by atoms with Crippen LogP contribution in [0.5, 0.6) is 0 Å². The molecule has 1 aromatic carbocycles. The van der Waals surface area contributed by atoms with E-state index in [0.717, 1.165) is 10.0 Å². The molecular weight excluding hydrogens is 286 g/mol. The van der Waals surface area contributed by atoms with Crippen LogP contribution >= 0.6 is 15.9 Å². The second-order valence-electron chi connectivity index (χ2n) is 3.08. The first-order chi connectivity index (χ1) is 8.25. The monoisotopic (exact) mass is 293 g/mol. The molecule has 0 atom stereocenters. The minimum absolute atomic E-state index is 0.123. The maximum Gasteiger partial charge on any atom is 0.308 e. The van der Waals surface area contributed by atoms with E-state index < -0.39 is 5.91 Å². The molecule has 86 valence electrons. The highest BCUT2D eigenvalue weighted by Crippen LogP contribution is 2.08. The van der Waals surface area contributed by atoms with Crippen molar-refractivity contribution >= 4 is 28.1 Å². The van der Waals surface area contributed by atoms with Crippen molar-refractivity contribution in [3.63, 3.8) is 0 Å². The Morgan fingerprint density at radius 3 is 2.82 bits per heavy atom. The van der Waals surface area contributed by atoms with E-state index in [1.807, 2.05) is 24.3 Å². The number of benzene rings is 1. The smallest absolute Gasteiger partial charge is 0.264 e. The minimum atomic E-state index is -0.434. The van der Waals surface area contributed by atoms with Crippen LogP contribution in [0, 0.1) is 0 Å². The summed E-state index contributed by atoms with van der Waals surface area (Å²) >= 11 is 3.33. The van der Waals surface area contributed by atoms with Gasteiger partial charge in [-0.25, -0.2) is 10.4 Å². The lowest BCUT2D eigenvalue weighted by atomic mass is 10.2. The van der Waals surface area contributed by atoms with Gasteiger partial charge in [-0.2, -0.15) is 10.2 Å². The lowest BCUT2D eigenvalue weighted by Gasteiger charge is -1.95. The van der Waals surface area contributed by atoms with Crippen LogP contribution < -0.4 is 5.43 Å². The first kappa shape index (κ1) is 11.5. The summed E-state index contributed by atoms with van der Waals surface area (Å²) < 4.78 is 0.986. The minimum Gasteiger partial charge on any atom is -0.264 e. The van der Waals surface area contributed by atoms with Crippen LogP contribution in [0.4, 0.5) is 0 Å². The summed E-state index contributed by atoms with van der Waals surface area (Å²) in [6, 6.07) is 7.52. The van der Waals surface area contributed by atoms with Crippen molar-refractivity contribution in [1.82, 2.24) is 20.6 Å². The number of carbonyl (C=O) groups excluding carboxylic acids is 1. The quantitative estimate of drug-likeness (QED) is 0.661. The van der Waals surface area contributed by atoms with Crippen LogP contribution in [0.1, 0.15) is 16.2 Å². The molecule has 0 unspecified atom stereocenters. The summed E-state index contributed by atoms with van der Waals surface area (Å²) in [5.74, 6) is -0.311. The van der Waals surface area contributed by atoms with Crippen molar-refractivity contribution in [3.8, 4) is 0 Å². The zero-order valence-electron chi connectivity index (χ0n) is 8.59. The van der Waals surface area contributed by atoms with Gasteiger partial charge in [0.2, 0.25) is 5.82 Å². The van der Waals surface area contributed by atoms with Gasteiger partial charge in [0.05, 0.1) is 6.21 Å². The highest BCUT2D eigenvalue weighted by Gasteiger charge is 2.05. The Labute approximate surface area is 105 Å². The Kier molecular flexibility index (Phi) is 3.61. The average molecular weight is 294 g/mol. The fourth-order valence-electron chi connectivity index (χ4n) is 1.08. The number of nitrogens with one attached hydrogen (secondary N) is 2. The fraction of sp³-hybridized carbons (Fsp3) is 0. The van der Waals surface area contributed by atoms with E-state index in [-0.39, 0.29) is 5.82 Å². The zero-order valence-corrected chi connectivity index (χ0v) is 10.2. The van der Waals surface area contributed by atoms with Gasteiger partial charge in [0, 0.05) is 4.47 Å². The number of aromatic amines is 1. The predicted molar refractivity (Wildman–Crippen MR) is 65.6 cm³/mol. The Balaban J connectivity index is 1.94. The number of carbonyl (C=O) groups is 1.